The van der Waals surface area contributed by atoms with Gasteiger partial charge >= 0.3 is 6.01 Å². The standard InChI is InChI=1S/C26H31N7OS/c1-7-19(4)25-30-12-10-23(20-9-8-11-28-13-20)33(25)24(18(2)3)22(27-5)16-29-17-35-21-14-31-26(34-6)32-15-21/h8-16,29H,5,7,17H2,1-4,6H3/b22-16-,25-19+. The third kappa shape index (κ3) is 6.45. The smallest absolute Gasteiger partial charge is 0.316 e. The average molecular weight is 490 g/mol. The van der Waals surface area contributed by atoms with Crippen LogP contribution in [-0.4, -0.2) is 45.8 Å². The molecule has 0 radical (unpaired) electrons. The molecule has 8 nitrogen and oxygen atoms in total. The molecular formula is C26H31N7OS. The molecule has 0 bridgehead atoms. The second kappa shape index (κ2) is 12.7. The normalized spacial score (nSPS) is 14.8. The van der Waals surface area contributed by atoms with E-state index >= 15 is 0 Å². The molecule has 2 aromatic rings. The Hall–Kier alpha value is -3.72. The summed E-state index contributed by atoms with van der Waals surface area (Å²) in [5.74, 6) is 1.48. The number of pyridine rings is 1. The zero-order valence-corrected chi connectivity index (χ0v) is 21.6. The fourth-order valence-electron chi connectivity index (χ4n) is 3.38. The number of ether oxygens (including phenoxy) is 1. The minimum absolute atomic E-state index is 0.349. The lowest BCUT2D eigenvalue weighted by atomic mass is 10.1. The Morgan fingerprint density at radius 2 is 2.00 bits per heavy atom. The molecule has 1 aliphatic heterocycles. The van der Waals surface area contributed by atoms with Crippen LogP contribution in [0, 0.1) is 0 Å². The molecule has 3 heterocycles. The van der Waals surface area contributed by atoms with Crippen molar-refractivity contribution < 1.29 is 4.74 Å². The molecule has 0 spiro atoms. The van der Waals surface area contributed by atoms with E-state index in [9.17, 15) is 0 Å². The summed E-state index contributed by atoms with van der Waals surface area (Å²) < 4.78 is 5.01. The van der Waals surface area contributed by atoms with Gasteiger partial charge in [0.05, 0.1) is 24.4 Å². The van der Waals surface area contributed by atoms with E-state index in [1.165, 1.54) is 5.57 Å². The largest absolute Gasteiger partial charge is 0.467 e. The van der Waals surface area contributed by atoms with Crippen LogP contribution in [0.3, 0.4) is 0 Å². The highest BCUT2D eigenvalue weighted by molar-refractivity contribution is 7.99. The van der Waals surface area contributed by atoms with Crippen LogP contribution in [0.1, 0.15) is 39.7 Å². The molecular weight excluding hydrogens is 458 g/mol. The number of hydrogen-bond acceptors (Lipinski definition) is 9. The number of methoxy groups -OCH3 is 1. The van der Waals surface area contributed by atoms with E-state index in [1.807, 2.05) is 36.8 Å². The van der Waals surface area contributed by atoms with Gasteiger partial charge in [-0.25, -0.2) is 15.0 Å². The SMILES string of the molecule is C=N/C(=C\NCSc1cnc(OC)nc1)C(=C(C)C)N1C(c2cccnc2)=CC=N/C1=C(/C)CC. The summed E-state index contributed by atoms with van der Waals surface area (Å²) in [6.45, 7) is 12.2. The van der Waals surface area contributed by atoms with E-state index in [1.54, 1.807) is 37.5 Å². The van der Waals surface area contributed by atoms with Crippen molar-refractivity contribution in [3.05, 3.63) is 83.1 Å². The number of rotatable bonds is 10. The molecule has 2 aromatic heterocycles. The summed E-state index contributed by atoms with van der Waals surface area (Å²) >= 11 is 1.57. The predicted octanol–water partition coefficient (Wildman–Crippen LogP) is 5.42. The summed E-state index contributed by atoms with van der Waals surface area (Å²) in [4.78, 5) is 24.8. The van der Waals surface area contributed by atoms with Gasteiger partial charge in [-0.05, 0) is 63.3 Å². The van der Waals surface area contributed by atoms with Crippen molar-refractivity contribution in [3.8, 4) is 6.01 Å². The Labute approximate surface area is 211 Å². The molecule has 0 fully saturated rings. The lowest BCUT2D eigenvalue weighted by molar-refractivity contribution is 0.378. The van der Waals surface area contributed by atoms with E-state index in [2.05, 4.69) is 64.6 Å². The van der Waals surface area contributed by atoms with Crippen LogP contribution >= 0.6 is 11.8 Å². The fraction of sp³-hybridized carbons (Fsp3) is 0.269. The van der Waals surface area contributed by atoms with E-state index < -0.39 is 0 Å². The number of allylic oxidation sites excluding steroid dienone is 3. The van der Waals surface area contributed by atoms with Crippen LogP contribution < -0.4 is 10.1 Å². The van der Waals surface area contributed by atoms with Gasteiger partial charge in [0, 0.05) is 47.7 Å². The second-order valence-corrected chi connectivity index (χ2v) is 8.85. The Morgan fingerprint density at radius 1 is 1.23 bits per heavy atom. The van der Waals surface area contributed by atoms with Gasteiger partial charge in [0.25, 0.3) is 0 Å². The van der Waals surface area contributed by atoms with Crippen LogP contribution in [0.2, 0.25) is 0 Å². The molecule has 1 aliphatic rings. The third-order valence-electron chi connectivity index (χ3n) is 5.21. The van der Waals surface area contributed by atoms with Crippen molar-refractivity contribution in [1.82, 2.24) is 25.2 Å². The lowest BCUT2D eigenvalue weighted by Gasteiger charge is -2.34. The number of nitrogens with zero attached hydrogens (tertiary/aromatic N) is 6. The minimum Gasteiger partial charge on any atom is -0.467 e. The molecule has 3 rings (SSSR count). The number of aromatic nitrogens is 3. The fourth-order valence-corrected chi connectivity index (χ4v) is 3.97. The Morgan fingerprint density at radius 3 is 2.60 bits per heavy atom. The highest BCUT2D eigenvalue weighted by Crippen LogP contribution is 2.37. The van der Waals surface area contributed by atoms with Crippen molar-refractivity contribution in [2.24, 2.45) is 9.98 Å². The maximum absolute atomic E-state index is 5.01. The molecule has 35 heavy (non-hydrogen) atoms. The van der Waals surface area contributed by atoms with Gasteiger partial charge < -0.3 is 10.1 Å². The zero-order valence-electron chi connectivity index (χ0n) is 20.8. The van der Waals surface area contributed by atoms with E-state index in [4.69, 9.17) is 9.73 Å². The van der Waals surface area contributed by atoms with E-state index in [-0.39, 0.29) is 0 Å². The van der Waals surface area contributed by atoms with Gasteiger partial charge in [-0.3, -0.25) is 14.9 Å². The third-order valence-corrected chi connectivity index (χ3v) is 6.06. The van der Waals surface area contributed by atoms with Crippen LogP contribution in [0.25, 0.3) is 5.70 Å². The summed E-state index contributed by atoms with van der Waals surface area (Å²) in [7, 11) is 1.55. The van der Waals surface area contributed by atoms with E-state index in [0.29, 0.717) is 17.6 Å². The Kier molecular flexibility index (Phi) is 9.37. The first-order valence-electron chi connectivity index (χ1n) is 11.2. The van der Waals surface area contributed by atoms with Crippen molar-refractivity contribution in [2.45, 2.75) is 39.0 Å². The monoisotopic (exact) mass is 489 g/mol. The first-order chi connectivity index (χ1) is 17.0. The van der Waals surface area contributed by atoms with Crippen molar-refractivity contribution in [3.63, 3.8) is 0 Å². The molecule has 0 saturated heterocycles. The lowest BCUT2D eigenvalue weighted by Crippen LogP contribution is -2.26. The van der Waals surface area contributed by atoms with Gasteiger partial charge in [0.2, 0.25) is 0 Å². The molecule has 0 amide bonds. The number of nitrogens with one attached hydrogen (secondary N) is 1. The summed E-state index contributed by atoms with van der Waals surface area (Å²) in [6, 6.07) is 4.33. The van der Waals surface area contributed by atoms with Crippen LogP contribution in [0.15, 0.2) is 92.4 Å². The van der Waals surface area contributed by atoms with E-state index in [0.717, 1.165) is 39.7 Å². The van der Waals surface area contributed by atoms with Gasteiger partial charge in [-0.2, -0.15) is 0 Å². The highest BCUT2D eigenvalue weighted by atomic mass is 32.2. The summed E-state index contributed by atoms with van der Waals surface area (Å²) in [6.07, 6.45) is 13.7. The topological polar surface area (TPSA) is 87.9 Å². The highest BCUT2D eigenvalue weighted by Gasteiger charge is 2.26. The molecule has 1 N–H and O–H groups in total. The molecule has 0 atom stereocenters. The average Bonchev–Trinajstić information content (AvgIpc) is 2.90. The van der Waals surface area contributed by atoms with Crippen LogP contribution in [0.5, 0.6) is 6.01 Å². The van der Waals surface area contributed by atoms with Crippen molar-refractivity contribution in [1.29, 1.82) is 0 Å². The maximum atomic E-state index is 5.01. The molecule has 182 valence electrons. The Balaban J connectivity index is 1.92. The number of hydrogen-bond donors (Lipinski definition) is 1. The molecule has 0 unspecified atom stereocenters. The second-order valence-electron chi connectivity index (χ2n) is 7.80. The predicted molar refractivity (Wildman–Crippen MR) is 144 cm³/mol. The summed E-state index contributed by atoms with van der Waals surface area (Å²) in [5.41, 5.74) is 5.84. The number of thioether (sulfide) groups is 1. The molecule has 0 saturated carbocycles. The number of aliphatic imine (C=N–C) groups is 2. The quantitative estimate of drug-likeness (QED) is 0.157. The van der Waals surface area contributed by atoms with Gasteiger partial charge in [0.15, 0.2) is 0 Å². The van der Waals surface area contributed by atoms with Gasteiger partial charge in [-0.15, -0.1) is 11.8 Å². The first-order valence-corrected chi connectivity index (χ1v) is 12.2. The maximum Gasteiger partial charge on any atom is 0.316 e. The van der Waals surface area contributed by atoms with Crippen LogP contribution in [-0.2, 0) is 0 Å². The van der Waals surface area contributed by atoms with Crippen molar-refractivity contribution >= 4 is 30.4 Å². The Bertz CT molecular complexity index is 1180. The molecule has 0 aliphatic carbocycles. The minimum atomic E-state index is 0.349. The zero-order chi connectivity index (χ0) is 25.2. The molecule has 9 heteroatoms. The first kappa shape index (κ1) is 25.9. The van der Waals surface area contributed by atoms with Crippen LogP contribution in [0.4, 0.5) is 0 Å². The molecule has 0 aromatic carbocycles. The van der Waals surface area contributed by atoms with Gasteiger partial charge in [0.1, 0.15) is 11.5 Å². The summed E-state index contributed by atoms with van der Waals surface area (Å²) in [5, 5.41) is 3.33. The van der Waals surface area contributed by atoms with Crippen molar-refractivity contribution in [2.75, 3.05) is 13.0 Å². The van der Waals surface area contributed by atoms with Gasteiger partial charge in [-0.1, -0.05) is 6.92 Å².